The molecule has 0 aliphatic carbocycles. The van der Waals surface area contributed by atoms with Crippen LogP contribution in [0.3, 0.4) is 0 Å². The number of hydrogen-bond acceptors (Lipinski definition) is 5. The molecule has 5 heteroatoms. The number of aryl methyl sites for hydroxylation is 2. The highest BCUT2D eigenvalue weighted by Gasteiger charge is 2.38. The Hall–Kier alpha value is -2.40. The van der Waals surface area contributed by atoms with E-state index in [4.69, 9.17) is 4.74 Å². The Kier molecular flexibility index (Phi) is 6.23. The normalized spacial score (nSPS) is 19.7. The number of aliphatic hydroxyl groups excluding tert-OH is 1. The van der Waals surface area contributed by atoms with Crippen LogP contribution in [0.4, 0.5) is 0 Å². The third kappa shape index (κ3) is 5.20. The number of benzene rings is 2. The standard InChI is InChI=1S/C25H30O4S/c1-16-6-11-19(24(2,3)4)21(14-16)30-22-20(27)15-25(5,29-23(22)28)13-12-17-7-9-18(26)10-8-17/h6-11,14,26-27H,12-13,15H2,1-5H3. The molecule has 0 amide bonds. The van der Waals surface area contributed by atoms with Crippen molar-refractivity contribution in [3.8, 4) is 5.75 Å². The number of hydrogen-bond donors (Lipinski definition) is 2. The largest absolute Gasteiger partial charge is 0.511 e. The van der Waals surface area contributed by atoms with Gasteiger partial charge in [-0.15, -0.1) is 0 Å². The van der Waals surface area contributed by atoms with E-state index in [1.807, 2.05) is 26.0 Å². The highest BCUT2D eigenvalue weighted by atomic mass is 32.2. The molecule has 0 saturated heterocycles. The van der Waals surface area contributed by atoms with Crippen LogP contribution >= 0.6 is 11.8 Å². The first-order chi connectivity index (χ1) is 14.0. The molecule has 1 unspecified atom stereocenters. The predicted octanol–water partition coefficient (Wildman–Crippen LogP) is 6.20. The Bertz CT molecular complexity index is 970. The minimum atomic E-state index is -0.761. The van der Waals surface area contributed by atoms with Gasteiger partial charge in [0.2, 0.25) is 0 Å². The van der Waals surface area contributed by atoms with Crippen molar-refractivity contribution in [2.24, 2.45) is 0 Å². The van der Waals surface area contributed by atoms with Gasteiger partial charge in [0.25, 0.3) is 0 Å². The zero-order chi connectivity index (χ0) is 22.1. The van der Waals surface area contributed by atoms with Gasteiger partial charge in [0.05, 0.1) is 0 Å². The Morgan fingerprint density at radius 3 is 2.37 bits per heavy atom. The molecule has 1 heterocycles. The summed E-state index contributed by atoms with van der Waals surface area (Å²) >= 11 is 1.29. The zero-order valence-corrected chi connectivity index (χ0v) is 19.1. The van der Waals surface area contributed by atoms with Crippen LogP contribution in [-0.2, 0) is 21.4 Å². The molecule has 2 N–H and O–H groups in total. The van der Waals surface area contributed by atoms with Gasteiger partial charge in [0, 0.05) is 11.3 Å². The van der Waals surface area contributed by atoms with Gasteiger partial charge in [-0.3, -0.25) is 0 Å². The molecule has 0 fully saturated rings. The fourth-order valence-corrected chi connectivity index (χ4v) is 4.88. The summed E-state index contributed by atoms with van der Waals surface area (Å²) in [7, 11) is 0. The van der Waals surface area contributed by atoms with Gasteiger partial charge < -0.3 is 14.9 Å². The van der Waals surface area contributed by atoms with E-state index in [1.165, 1.54) is 11.8 Å². The van der Waals surface area contributed by atoms with E-state index in [1.54, 1.807) is 12.1 Å². The number of rotatable bonds is 5. The number of cyclic esters (lactones) is 1. The molecule has 0 bridgehead atoms. The van der Waals surface area contributed by atoms with E-state index in [9.17, 15) is 15.0 Å². The molecule has 3 rings (SSSR count). The molecular weight excluding hydrogens is 396 g/mol. The van der Waals surface area contributed by atoms with Crippen LogP contribution in [0.2, 0.25) is 0 Å². The first-order valence-corrected chi connectivity index (χ1v) is 11.0. The van der Waals surface area contributed by atoms with E-state index in [-0.39, 0.29) is 28.2 Å². The number of phenols is 1. The summed E-state index contributed by atoms with van der Waals surface area (Å²) in [5.41, 5.74) is 2.44. The molecule has 0 saturated carbocycles. The third-order valence-corrected chi connectivity index (χ3v) is 6.53. The van der Waals surface area contributed by atoms with Gasteiger partial charge in [-0.05, 0) is 67.0 Å². The van der Waals surface area contributed by atoms with Crippen molar-refractivity contribution in [3.05, 3.63) is 69.8 Å². The summed E-state index contributed by atoms with van der Waals surface area (Å²) < 4.78 is 5.80. The van der Waals surface area contributed by atoms with Crippen molar-refractivity contribution in [2.45, 2.75) is 69.8 Å². The van der Waals surface area contributed by atoms with E-state index < -0.39 is 11.6 Å². The smallest absolute Gasteiger partial charge is 0.348 e. The number of phenolic OH excluding ortho intramolecular Hbond substituents is 1. The van der Waals surface area contributed by atoms with Crippen molar-refractivity contribution in [3.63, 3.8) is 0 Å². The summed E-state index contributed by atoms with van der Waals surface area (Å²) in [6.45, 7) is 10.3. The summed E-state index contributed by atoms with van der Waals surface area (Å²) in [6, 6.07) is 13.2. The molecular formula is C25H30O4S. The monoisotopic (exact) mass is 426 g/mol. The lowest BCUT2D eigenvalue weighted by molar-refractivity contribution is -0.156. The Balaban J connectivity index is 1.79. The number of aliphatic hydroxyl groups is 1. The van der Waals surface area contributed by atoms with Crippen LogP contribution in [0.1, 0.15) is 57.2 Å². The van der Waals surface area contributed by atoms with Crippen LogP contribution < -0.4 is 0 Å². The fraction of sp³-hybridized carbons (Fsp3) is 0.400. The molecule has 1 aliphatic rings. The summed E-state index contributed by atoms with van der Waals surface area (Å²) in [6.07, 6.45) is 1.56. The first-order valence-electron chi connectivity index (χ1n) is 10.2. The summed E-state index contributed by atoms with van der Waals surface area (Å²) in [5, 5.41) is 20.2. The topological polar surface area (TPSA) is 66.8 Å². The van der Waals surface area contributed by atoms with Crippen molar-refractivity contribution >= 4 is 17.7 Å². The van der Waals surface area contributed by atoms with Crippen molar-refractivity contribution < 1.29 is 19.7 Å². The molecule has 4 nitrogen and oxygen atoms in total. The number of carbonyl (C=O) groups is 1. The third-order valence-electron chi connectivity index (χ3n) is 5.36. The van der Waals surface area contributed by atoms with E-state index in [0.717, 1.165) is 21.6 Å². The average Bonchev–Trinajstić information content (AvgIpc) is 2.63. The van der Waals surface area contributed by atoms with E-state index in [0.29, 0.717) is 12.8 Å². The van der Waals surface area contributed by atoms with E-state index >= 15 is 0 Å². The van der Waals surface area contributed by atoms with Crippen molar-refractivity contribution in [1.82, 2.24) is 0 Å². The van der Waals surface area contributed by atoms with Gasteiger partial charge in [-0.2, -0.15) is 0 Å². The number of ether oxygens (including phenoxy) is 1. The lowest BCUT2D eigenvalue weighted by Crippen LogP contribution is -2.37. The number of esters is 1. The summed E-state index contributed by atoms with van der Waals surface area (Å²) in [4.78, 5) is 14.1. The predicted molar refractivity (Wildman–Crippen MR) is 121 cm³/mol. The average molecular weight is 427 g/mol. The highest BCUT2D eigenvalue weighted by molar-refractivity contribution is 8.04. The van der Waals surface area contributed by atoms with Gasteiger partial charge >= 0.3 is 5.97 Å². The lowest BCUT2D eigenvalue weighted by atomic mass is 9.86. The maximum absolute atomic E-state index is 12.8. The quantitative estimate of drug-likeness (QED) is 0.557. The second kappa shape index (κ2) is 8.38. The minimum Gasteiger partial charge on any atom is -0.511 e. The molecule has 30 heavy (non-hydrogen) atoms. The van der Waals surface area contributed by atoms with Gasteiger partial charge in [-0.25, -0.2) is 4.79 Å². The highest BCUT2D eigenvalue weighted by Crippen LogP contribution is 2.42. The Morgan fingerprint density at radius 2 is 1.77 bits per heavy atom. The minimum absolute atomic E-state index is 0.0799. The maximum atomic E-state index is 12.8. The lowest BCUT2D eigenvalue weighted by Gasteiger charge is -2.34. The number of aromatic hydroxyl groups is 1. The fourth-order valence-electron chi connectivity index (χ4n) is 3.61. The second-order valence-electron chi connectivity index (χ2n) is 9.31. The maximum Gasteiger partial charge on any atom is 0.348 e. The van der Waals surface area contributed by atoms with Crippen molar-refractivity contribution in [2.75, 3.05) is 0 Å². The van der Waals surface area contributed by atoms with Crippen LogP contribution in [0.25, 0.3) is 0 Å². The SMILES string of the molecule is Cc1ccc(C(C)(C)C)c(SC2=C(O)CC(C)(CCc3ccc(O)cc3)OC2=O)c1. The Morgan fingerprint density at radius 1 is 1.10 bits per heavy atom. The van der Waals surface area contributed by atoms with Gasteiger partial charge in [0.15, 0.2) is 0 Å². The Labute approximate surface area is 183 Å². The number of carbonyl (C=O) groups excluding carboxylic acids is 1. The molecule has 1 atom stereocenters. The van der Waals surface area contributed by atoms with Gasteiger partial charge in [-0.1, -0.05) is 56.8 Å². The van der Waals surface area contributed by atoms with E-state index in [2.05, 4.69) is 39.0 Å². The molecule has 160 valence electrons. The number of thioether (sulfide) groups is 1. The van der Waals surface area contributed by atoms with Crippen LogP contribution in [-0.4, -0.2) is 21.8 Å². The molecule has 2 aromatic rings. The summed E-state index contributed by atoms with van der Waals surface area (Å²) in [5.74, 6) is -0.161. The molecule has 1 aliphatic heterocycles. The van der Waals surface area contributed by atoms with Crippen LogP contribution in [0.5, 0.6) is 5.75 Å². The van der Waals surface area contributed by atoms with Crippen molar-refractivity contribution in [1.29, 1.82) is 0 Å². The molecule has 2 aromatic carbocycles. The first kappa shape index (κ1) is 22.3. The van der Waals surface area contributed by atoms with Crippen LogP contribution in [0, 0.1) is 6.92 Å². The molecule has 0 aromatic heterocycles. The molecule has 0 radical (unpaired) electrons. The van der Waals surface area contributed by atoms with Crippen LogP contribution in [0.15, 0.2) is 58.0 Å². The van der Waals surface area contributed by atoms with Gasteiger partial charge in [0.1, 0.15) is 22.0 Å². The molecule has 0 spiro atoms. The zero-order valence-electron chi connectivity index (χ0n) is 18.3. The second-order valence-corrected chi connectivity index (χ2v) is 10.4.